The van der Waals surface area contributed by atoms with Crippen molar-refractivity contribution in [3.63, 3.8) is 0 Å². The predicted octanol–water partition coefficient (Wildman–Crippen LogP) is 3.92. The SMILES string of the molecule is Cc1ccc(C(C)NCc2cc(C#N)ccc2F)s1. The third-order valence-electron chi connectivity index (χ3n) is 2.96. The van der Waals surface area contributed by atoms with Gasteiger partial charge in [-0.05, 0) is 44.2 Å². The van der Waals surface area contributed by atoms with Crippen molar-refractivity contribution in [2.75, 3.05) is 0 Å². The van der Waals surface area contributed by atoms with Gasteiger partial charge >= 0.3 is 0 Å². The fourth-order valence-corrected chi connectivity index (χ4v) is 2.73. The highest BCUT2D eigenvalue weighted by Gasteiger charge is 2.09. The molecule has 1 atom stereocenters. The molecule has 1 unspecified atom stereocenters. The van der Waals surface area contributed by atoms with Crippen molar-refractivity contribution in [1.82, 2.24) is 5.32 Å². The van der Waals surface area contributed by atoms with Gasteiger partial charge in [-0.15, -0.1) is 11.3 Å². The summed E-state index contributed by atoms with van der Waals surface area (Å²) in [6, 6.07) is 10.8. The number of hydrogen-bond acceptors (Lipinski definition) is 3. The summed E-state index contributed by atoms with van der Waals surface area (Å²) in [5.41, 5.74) is 1.01. The van der Waals surface area contributed by atoms with Crippen molar-refractivity contribution in [1.29, 1.82) is 5.26 Å². The second-order valence-electron chi connectivity index (χ2n) is 4.47. The molecule has 0 fully saturated rings. The van der Waals surface area contributed by atoms with E-state index in [0.29, 0.717) is 17.7 Å². The Kier molecular flexibility index (Phi) is 4.31. The first-order valence-electron chi connectivity index (χ1n) is 6.08. The Morgan fingerprint density at radius 3 is 2.79 bits per heavy atom. The molecule has 2 nitrogen and oxygen atoms in total. The summed E-state index contributed by atoms with van der Waals surface area (Å²) < 4.78 is 13.6. The highest BCUT2D eigenvalue weighted by atomic mass is 32.1. The lowest BCUT2D eigenvalue weighted by Gasteiger charge is -2.12. The molecule has 0 spiro atoms. The molecule has 0 aliphatic heterocycles. The van der Waals surface area contributed by atoms with E-state index in [1.165, 1.54) is 21.9 Å². The van der Waals surface area contributed by atoms with Crippen LogP contribution in [0, 0.1) is 24.1 Å². The number of nitrogens with zero attached hydrogens (tertiary/aromatic N) is 1. The van der Waals surface area contributed by atoms with Crippen LogP contribution in [0.2, 0.25) is 0 Å². The lowest BCUT2D eigenvalue weighted by Crippen LogP contribution is -2.18. The molecule has 0 aliphatic rings. The summed E-state index contributed by atoms with van der Waals surface area (Å²) in [5.74, 6) is -0.277. The van der Waals surface area contributed by atoms with E-state index in [-0.39, 0.29) is 11.9 Å². The van der Waals surface area contributed by atoms with Gasteiger partial charge in [-0.1, -0.05) is 0 Å². The largest absolute Gasteiger partial charge is 0.305 e. The van der Waals surface area contributed by atoms with E-state index < -0.39 is 0 Å². The van der Waals surface area contributed by atoms with Crippen LogP contribution in [0.15, 0.2) is 30.3 Å². The molecule has 0 saturated heterocycles. The maximum Gasteiger partial charge on any atom is 0.127 e. The molecule has 0 amide bonds. The van der Waals surface area contributed by atoms with E-state index in [0.717, 1.165) is 0 Å². The fraction of sp³-hybridized carbons (Fsp3) is 0.267. The van der Waals surface area contributed by atoms with Gasteiger partial charge in [0.05, 0.1) is 11.6 Å². The van der Waals surface area contributed by atoms with Gasteiger partial charge in [0.25, 0.3) is 0 Å². The summed E-state index contributed by atoms with van der Waals surface area (Å²) in [5, 5.41) is 12.1. The average Bonchev–Trinajstić information content (AvgIpc) is 2.84. The van der Waals surface area contributed by atoms with E-state index in [9.17, 15) is 4.39 Å². The zero-order valence-corrected chi connectivity index (χ0v) is 11.7. The maximum atomic E-state index is 13.6. The zero-order valence-electron chi connectivity index (χ0n) is 10.9. The Morgan fingerprint density at radius 1 is 1.37 bits per heavy atom. The van der Waals surface area contributed by atoms with Crippen molar-refractivity contribution < 1.29 is 4.39 Å². The van der Waals surface area contributed by atoms with Crippen LogP contribution in [0.5, 0.6) is 0 Å². The first kappa shape index (κ1) is 13.7. The van der Waals surface area contributed by atoms with Crippen LogP contribution in [-0.4, -0.2) is 0 Å². The van der Waals surface area contributed by atoms with E-state index in [2.05, 4.69) is 31.3 Å². The topological polar surface area (TPSA) is 35.8 Å². The molecule has 4 heteroatoms. The first-order chi connectivity index (χ1) is 9.10. The van der Waals surface area contributed by atoms with E-state index in [1.807, 2.05) is 6.07 Å². The molecule has 98 valence electrons. The molecule has 0 radical (unpaired) electrons. The Morgan fingerprint density at radius 2 is 2.16 bits per heavy atom. The standard InChI is InChI=1S/C15H15FN2S/c1-10-3-6-15(19-10)11(2)18-9-13-7-12(8-17)4-5-14(13)16/h3-7,11,18H,9H2,1-2H3. The van der Waals surface area contributed by atoms with Gasteiger partial charge in [0.15, 0.2) is 0 Å². The minimum absolute atomic E-state index is 0.170. The van der Waals surface area contributed by atoms with Gasteiger partial charge in [-0.3, -0.25) is 0 Å². The molecular formula is C15H15FN2S. The van der Waals surface area contributed by atoms with Crippen LogP contribution in [0.25, 0.3) is 0 Å². The first-order valence-corrected chi connectivity index (χ1v) is 6.90. The highest BCUT2D eigenvalue weighted by molar-refractivity contribution is 7.12. The Labute approximate surface area is 116 Å². The number of aryl methyl sites for hydroxylation is 1. The molecule has 2 aromatic rings. The maximum absolute atomic E-state index is 13.6. The Bertz CT molecular complexity index is 613. The molecule has 1 N–H and O–H groups in total. The number of thiophene rings is 1. The van der Waals surface area contributed by atoms with Crippen molar-refractivity contribution in [2.24, 2.45) is 0 Å². The van der Waals surface area contributed by atoms with Crippen LogP contribution in [-0.2, 0) is 6.54 Å². The third kappa shape index (κ3) is 3.40. The normalized spacial score (nSPS) is 12.1. The van der Waals surface area contributed by atoms with Gasteiger partial charge < -0.3 is 5.32 Å². The minimum Gasteiger partial charge on any atom is -0.305 e. The molecule has 1 aromatic carbocycles. The van der Waals surface area contributed by atoms with Gasteiger partial charge in [-0.25, -0.2) is 4.39 Å². The van der Waals surface area contributed by atoms with Crippen LogP contribution < -0.4 is 5.32 Å². The average molecular weight is 274 g/mol. The molecule has 0 bridgehead atoms. The number of rotatable bonds is 4. The molecule has 19 heavy (non-hydrogen) atoms. The number of nitriles is 1. The quantitative estimate of drug-likeness (QED) is 0.917. The summed E-state index contributed by atoms with van der Waals surface area (Å²) in [6.45, 7) is 4.54. The van der Waals surface area contributed by atoms with Crippen molar-refractivity contribution >= 4 is 11.3 Å². The minimum atomic E-state index is -0.277. The highest BCUT2D eigenvalue weighted by Crippen LogP contribution is 2.22. The lowest BCUT2D eigenvalue weighted by atomic mass is 10.1. The number of benzene rings is 1. The summed E-state index contributed by atoms with van der Waals surface area (Å²) in [4.78, 5) is 2.50. The van der Waals surface area contributed by atoms with Gasteiger partial charge in [0.2, 0.25) is 0 Å². The van der Waals surface area contributed by atoms with Crippen LogP contribution in [0.1, 0.15) is 33.8 Å². The third-order valence-corrected chi connectivity index (χ3v) is 4.14. The van der Waals surface area contributed by atoms with Gasteiger partial charge in [0, 0.05) is 27.9 Å². The number of hydrogen-bond donors (Lipinski definition) is 1. The summed E-state index contributed by atoms with van der Waals surface area (Å²) in [7, 11) is 0. The smallest absolute Gasteiger partial charge is 0.127 e. The Hall–Kier alpha value is -1.70. The molecule has 1 aromatic heterocycles. The second-order valence-corrected chi connectivity index (χ2v) is 5.79. The van der Waals surface area contributed by atoms with Crippen molar-refractivity contribution in [3.8, 4) is 6.07 Å². The van der Waals surface area contributed by atoms with Crippen LogP contribution >= 0.6 is 11.3 Å². The number of nitrogens with one attached hydrogen (secondary N) is 1. The molecular weight excluding hydrogens is 259 g/mol. The second kappa shape index (κ2) is 5.96. The van der Waals surface area contributed by atoms with Gasteiger partial charge in [0.1, 0.15) is 5.82 Å². The molecule has 0 saturated carbocycles. The Balaban J connectivity index is 2.04. The molecule has 2 rings (SSSR count). The van der Waals surface area contributed by atoms with Gasteiger partial charge in [-0.2, -0.15) is 5.26 Å². The van der Waals surface area contributed by atoms with E-state index >= 15 is 0 Å². The molecule has 0 aliphatic carbocycles. The monoisotopic (exact) mass is 274 g/mol. The van der Waals surface area contributed by atoms with E-state index in [1.54, 1.807) is 17.4 Å². The van der Waals surface area contributed by atoms with Crippen LogP contribution in [0.4, 0.5) is 4.39 Å². The lowest BCUT2D eigenvalue weighted by molar-refractivity contribution is 0.549. The number of halogens is 1. The van der Waals surface area contributed by atoms with E-state index in [4.69, 9.17) is 5.26 Å². The summed E-state index contributed by atoms with van der Waals surface area (Å²) >= 11 is 1.73. The van der Waals surface area contributed by atoms with Crippen molar-refractivity contribution in [3.05, 3.63) is 57.0 Å². The predicted molar refractivity (Wildman–Crippen MR) is 75.4 cm³/mol. The summed E-state index contributed by atoms with van der Waals surface area (Å²) in [6.07, 6.45) is 0. The molecule has 1 heterocycles. The zero-order chi connectivity index (χ0) is 13.8. The van der Waals surface area contributed by atoms with Crippen LogP contribution in [0.3, 0.4) is 0 Å². The van der Waals surface area contributed by atoms with Crippen molar-refractivity contribution in [2.45, 2.75) is 26.4 Å². The fourth-order valence-electron chi connectivity index (χ4n) is 1.83.